The lowest BCUT2D eigenvalue weighted by molar-refractivity contribution is 0.0623. The Morgan fingerprint density at radius 2 is 1.50 bits per heavy atom. The van der Waals surface area contributed by atoms with Crippen molar-refractivity contribution < 1.29 is 23.1 Å². The van der Waals surface area contributed by atoms with E-state index in [4.69, 9.17) is 4.74 Å². The zero-order valence-electron chi connectivity index (χ0n) is 18.1. The van der Waals surface area contributed by atoms with Crippen molar-refractivity contribution in [3.05, 3.63) is 65.2 Å². The minimum Gasteiger partial charge on any atom is -0.493 e. The molecule has 7 heteroatoms. The number of amides is 2. The van der Waals surface area contributed by atoms with Crippen molar-refractivity contribution in [2.75, 3.05) is 32.8 Å². The van der Waals surface area contributed by atoms with Crippen LogP contribution in [0.25, 0.3) is 0 Å². The first-order valence-electron chi connectivity index (χ1n) is 11.3. The molecule has 32 heavy (non-hydrogen) atoms. The number of likely N-dealkylation sites (tertiary alicyclic amines) is 2. The number of hydrogen-bond acceptors (Lipinski definition) is 3. The molecular formula is C25H28F2N2O3. The van der Waals surface area contributed by atoms with E-state index >= 15 is 0 Å². The van der Waals surface area contributed by atoms with Crippen molar-refractivity contribution in [2.24, 2.45) is 5.92 Å². The molecule has 0 N–H and O–H groups in total. The summed E-state index contributed by atoms with van der Waals surface area (Å²) in [4.78, 5) is 28.6. The van der Waals surface area contributed by atoms with Crippen LogP contribution in [0.3, 0.4) is 0 Å². The van der Waals surface area contributed by atoms with Crippen molar-refractivity contribution in [1.29, 1.82) is 0 Å². The molecule has 0 bridgehead atoms. The summed E-state index contributed by atoms with van der Waals surface area (Å²) in [7, 11) is 0. The van der Waals surface area contributed by atoms with E-state index in [1.807, 2.05) is 4.90 Å². The third-order valence-corrected chi connectivity index (χ3v) is 6.21. The molecule has 2 aliphatic rings. The van der Waals surface area contributed by atoms with E-state index in [1.54, 1.807) is 24.3 Å². The van der Waals surface area contributed by atoms with Crippen LogP contribution in [0.1, 0.15) is 52.8 Å². The van der Waals surface area contributed by atoms with E-state index in [0.29, 0.717) is 31.0 Å². The number of piperidine rings is 2. The zero-order chi connectivity index (χ0) is 22.5. The predicted octanol–water partition coefficient (Wildman–Crippen LogP) is 4.52. The molecule has 0 aliphatic carbocycles. The number of rotatable bonds is 5. The van der Waals surface area contributed by atoms with Crippen LogP contribution in [0.2, 0.25) is 0 Å². The van der Waals surface area contributed by atoms with Gasteiger partial charge in [-0.15, -0.1) is 0 Å². The van der Waals surface area contributed by atoms with Crippen LogP contribution in [0.5, 0.6) is 5.75 Å². The fourth-order valence-electron chi connectivity index (χ4n) is 4.43. The lowest BCUT2D eigenvalue weighted by Gasteiger charge is -2.32. The number of halogens is 2. The Labute approximate surface area is 187 Å². The van der Waals surface area contributed by atoms with Crippen molar-refractivity contribution in [2.45, 2.75) is 32.1 Å². The molecule has 2 saturated heterocycles. The number of carbonyl (C=O) groups excluding carboxylic acids is 2. The van der Waals surface area contributed by atoms with Gasteiger partial charge in [0.15, 0.2) is 0 Å². The summed E-state index contributed by atoms with van der Waals surface area (Å²) >= 11 is 0. The van der Waals surface area contributed by atoms with Gasteiger partial charge in [0.25, 0.3) is 11.8 Å². The molecule has 0 unspecified atom stereocenters. The van der Waals surface area contributed by atoms with Gasteiger partial charge in [-0.2, -0.15) is 0 Å². The van der Waals surface area contributed by atoms with Crippen molar-refractivity contribution >= 4 is 11.8 Å². The van der Waals surface area contributed by atoms with Gasteiger partial charge in [0, 0.05) is 37.7 Å². The maximum atomic E-state index is 14.0. The Morgan fingerprint density at radius 1 is 0.844 bits per heavy atom. The van der Waals surface area contributed by atoms with E-state index in [2.05, 4.69) is 0 Å². The minimum atomic E-state index is -0.840. The first-order valence-corrected chi connectivity index (χ1v) is 11.3. The van der Waals surface area contributed by atoms with E-state index < -0.39 is 23.1 Å². The molecular weight excluding hydrogens is 414 g/mol. The monoisotopic (exact) mass is 442 g/mol. The molecule has 2 aliphatic heterocycles. The fourth-order valence-corrected chi connectivity index (χ4v) is 4.43. The molecule has 2 amide bonds. The third-order valence-electron chi connectivity index (χ3n) is 6.21. The van der Waals surface area contributed by atoms with Crippen LogP contribution >= 0.6 is 0 Å². The maximum absolute atomic E-state index is 14.0. The van der Waals surface area contributed by atoms with E-state index in [9.17, 15) is 18.4 Å². The molecule has 5 nitrogen and oxygen atoms in total. The summed E-state index contributed by atoms with van der Waals surface area (Å²) in [5, 5.41) is 0. The second-order valence-corrected chi connectivity index (χ2v) is 8.54. The van der Waals surface area contributed by atoms with E-state index in [0.717, 1.165) is 50.9 Å². The highest BCUT2D eigenvalue weighted by Gasteiger charge is 2.28. The minimum absolute atomic E-state index is 0.0538. The topological polar surface area (TPSA) is 49.9 Å². The Hall–Kier alpha value is -2.96. The average molecular weight is 443 g/mol. The summed E-state index contributed by atoms with van der Waals surface area (Å²) in [6, 6.07) is 10.6. The number of carbonyl (C=O) groups is 2. The van der Waals surface area contributed by atoms with Gasteiger partial charge in [-0.3, -0.25) is 9.59 Å². The fraction of sp³-hybridized carbons (Fsp3) is 0.440. The largest absolute Gasteiger partial charge is 0.493 e. The molecule has 170 valence electrons. The lowest BCUT2D eigenvalue weighted by Crippen LogP contribution is -2.42. The summed E-state index contributed by atoms with van der Waals surface area (Å²) in [5.74, 6) is -1.52. The lowest BCUT2D eigenvalue weighted by atomic mass is 9.98. The Kier molecular flexibility index (Phi) is 7.02. The SMILES string of the molecule is O=C(c1ccc(OC[C@@H]2CCCN(C(=O)c3c(F)cccc3F)C2)cc1)N1CCCCC1. The van der Waals surface area contributed by atoms with Gasteiger partial charge in [-0.25, -0.2) is 8.78 Å². The smallest absolute Gasteiger partial charge is 0.259 e. The highest BCUT2D eigenvalue weighted by molar-refractivity contribution is 5.95. The quantitative estimate of drug-likeness (QED) is 0.684. The molecule has 2 aromatic rings. The maximum Gasteiger partial charge on any atom is 0.259 e. The molecule has 4 rings (SSSR count). The molecule has 2 aromatic carbocycles. The van der Waals surface area contributed by atoms with Gasteiger partial charge in [-0.05, 0) is 68.5 Å². The number of ether oxygens (including phenoxy) is 1. The van der Waals surface area contributed by atoms with Gasteiger partial charge in [0.1, 0.15) is 22.9 Å². The number of benzene rings is 2. The van der Waals surface area contributed by atoms with Gasteiger partial charge in [0.2, 0.25) is 0 Å². The first kappa shape index (κ1) is 22.2. The van der Waals surface area contributed by atoms with Crippen molar-refractivity contribution in [3.8, 4) is 5.75 Å². The summed E-state index contributed by atoms with van der Waals surface area (Å²) in [6.07, 6.45) is 4.90. The van der Waals surface area contributed by atoms with Crippen LogP contribution in [-0.2, 0) is 0 Å². The summed E-state index contributed by atoms with van der Waals surface area (Å²) < 4.78 is 33.9. The van der Waals surface area contributed by atoms with Crippen LogP contribution in [0, 0.1) is 17.6 Å². The van der Waals surface area contributed by atoms with Crippen LogP contribution in [0.4, 0.5) is 8.78 Å². The molecule has 2 heterocycles. The number of hydrogen-bond donors (Lipinski definition) is 0. The average Bonchev–Trinajstić information content (AvgIpc) is 2.83. The van der Waals surface area contributed by atoms with Crippen LogP contribution in [0.15, 0.2) is 42.5 Å². The molecule has 0 aromatic heterocycles. The summed E-state index contributed by atoms with van der Waals surface area (Å²) in [6.45, 7) is 2.87. The van der Waals surface area contributed by atoms with E-state index in [-0.39, 0.29) is 11.8 Å². The molecule has 2 fully saturated rings. The molecule has 1 atom stereocenters. The zero-order valence-corrected chi connectivity index (χ0v) is 18.1. The standard InChI is InChI=1S/C25H28F2N2O3/c26-21-7-4-8-22(27)23(21)25(31)29-15-5-6-18(16-29)17-32-20-11-9-19(10-12-20)24(30)28-13-2-1-3-14-28/h4,7-12,18H,1-3,5-6,13-17H2/t18-/m1/s1. The predicted molar refractivity (Wildman–Crippen MR) is 117 cm³/mol. The van der Waals surface area contributed by atoms with Crippen LogP contribution < -0.4 is 4.74 Å². The van der Waals surface area contributed by atoms with Gasteiger partial charge in [-0.1, -0.05) is 6.07 Å². The third kappa shape index (κ3) is 5.09. The second kappa shape index (κ2) is 10.1. The Morgan fingerprint density at radius 3 is 2.19 bits per heavy atom. The first-order chi connectivity index (χ1) is 15.5. The highest BCUT2D eigenvalue weighted by Crippen LogP contribution is 2.23. The van der Waals surface area contributed by atoms with Crippen molar-refractivity contribution in [3.63, 3.8) is 0 Å². The number of nitrogens with zero attached hydrogens (tertiary/aromatic N) is 2. The van der Waals surface area contributed by atoms with Crippen molar-refractivity contribution in [1.82, 2.24) is 9.80 Å². The molecule has 0 radical (unpaired) electrons. The van der Waals surface area contributed by atoms with Crippen LogP contribution in [-0.4, -0.2) is 54.4 Å². The molecule has 0 spiro atoms. The highest BCUT2D eigenvalue weighted by atomic mass is 19.1. The second-order valence-electron chi connectivity index (χ2n) is 8.54. The van der Waals surface area contributed by atoms with E-state index in [1.165, 1.54) is 17.4 Å². The van der Waals surface area contributed by atoms with Gasteiger partial charge in [0.05, 0.1) is 6.61 Å². The Bertz CT molecular complexity index is 938. The summed E-state index contributed by atoms with van der Waals surface area (Å²) in [5.41, 5.74) is 0.156. The van der Waals surface area contributed by atoms with Gasteiger partial charge >= 0.3 is 0 Å². The normalized spacial score (nSPS) is 19.0. The Balaban J connectivity index is 1.32. The van der Waals surface area contributed by atoms with Gasteiger partial charge < -0.3 is 14.5 Å². The molecule has 0 saturated carbocycles.